The fourth-order valence-electron chi connectivity index (χ4n) is 6.84. The van der Waals surface area contributed by atoms with E-state index in [4.69, 9.17) is 14.2 Å². The molecule has 0 aliphatic heterocycles. The standard InChI is InChI=1S/C56H93NO7/c1-6-8-10-12-14-16-18-20-22-24-26-28-30-32-34-36-38-40-42-44-46-54(58)63-51-52(50-62-49-48-53(56(60)61)57(3,4)5)64-55(59)47-45-43-41-39-37-35-33-31-29-27-25-23-21-19-17-15-13-11-9-7-2/h9,11,15-18,20-23,27,29,33,35,39,41,52-53H,6-8,10,12-14,19,24-26,28,30-32,34,36-38,40,42-51H2,1-5H3/b11-9+,17-15+,18-16+,22-20+,23-21+,29-27+,35-33+,41-39+. The number of allylic oxidation sites excluding steroid dienone is 16. The lowest BCUT2D eigenvalue weighted by molar-refractivity contribution is -0.889. The molecule has 0 fully saturated rings. The average molecular weight is 892 g/mol. The molecule has 2 atom stereocenters. The summed E-state index contributed by atoms with van der Waals surface area (Å²) in [5.74, 6) is -1.82. The van der Waals surface area contributed by atoms with Crippen molar-refractivity contribution in [3.8, 4) is 0 Å². The number of carbonyl (C=O) groups is 3. The number of carboxylic acid groups (broad SMARTS) is 1. The molecule has 0 spiro atoms. The van der Waals surface area contributed by atoms with Gasteiger partial charge in [0.05, 0.1) is 40.3 Å². The normalized spacial score (nSPS) is 13.7. The molecule has 0 aliphatic carbocycles. The molecule has 8 heteroatoms. The van der Waals surface area contributed by atoms with Crippen LogP contribution in [0.3, 0.4) is 0 Å². The fraction of sp³-hybridized carbons (Fsp3) is 0.661. The Morgan fingerprint density at radius 3 is 1.42 bits per heavy atom. The number of likely N-dealkylation sites (N-methyl/N-ethyl adjacent to an activating group) is 1. The minimum Gasteiger partial charge on any atom is -0.544 e. The Hall–Kier alpha value is -3.75. The molecule has 0 rings (SSSR count). The van der Waals surface area contributed by atoms with Crippen LogP contribution in [0.25, 0.3) is 0 Å². The second-order valence-corrected chi connectivity index (χ2v) is 17.7. The van der Waals surface area contributed by atoms with Gasteiger partial charge in [-0.05, 0) is 83.5 Å². The molecule has 0 saturated carbocycles. The summed E-state index contributed by atoms with van der Waals surface area (Å²) in [6.07, 6.45) is 61.6. The molecule has 0 radical (unpaired) electrons. The predicted molar refractivity (Wildman–Crippen MR) is 268 cm³/mol. The van der Waals surface area contributed by atoms with Crippen LogP contribution in [-0.2, 0) is 28.6 Å². The van der Waals surface area contributed by atoms with E-state index in [1.165, 1.54) is 83.5 Å². The molecule has 8 nitrogen and oxygen atoms in total. The number of nitrogens with zero attached hydrogens (tertiary/aromatic N) is 1. The molecule has 364 valence electrons. The molecule has 0 aromatic heterocycles. The lowest BCUT2D eigenvalue weighted by atomic mass is 10.1. The summed E-state index contributed by atoms with van der Waals surface area (Å²) in [6.45, 7) is 4.46. The van der Waals surface area contributed by atoms with Crippen molar-refractivity contribution in [1.82, 2.24) is 0 Å². The second kappa shape index (κ2) is 45.8. The van der Waals surface area contributed by atoms with Crippen LogP contribution in [-0.4, -0.2) is 75.5 Å². The van der Waals surface area contributed by atoms with Crippen LogP contribution in [0.2, 0.25) is 0 Å². The van der Waals surface area contributed by atoms with E-state index in [0.717, 1.165) is 64.2 Å². The topological polar surface area (TPSA) is 102 Å². The number of carbonyl (C=O) groups excluding carboxylic acids is 3. The zero-order chi connectivity index (χ0) is 47.0. The summed E-state index contributed by atoms with van der Waals surface area (Å²) >= 11 is 0. The van der Waals surface area contributed by atoms with Crippen molar-refractivity contribution in [2.24, 2.45) is 0 Å². The third kappa shape index (κ3) is 43.5. The van der Waals surface area contributed by atoms with E-state index in [-0.39, 0.29) is 49.1 Å². The zero-order valence-corrected chi connectivity index (χ0v) is 41.4. The fourth-order valence-corrected chi connectivity index (χ4v) is 6.84. The molecule has 64 heavy (non-hydrogen) atoms. The van der Waals surface area contributed by atoms with Gasteiger partial charge >= 0.3 is 11.9 Å². The van der Waals surface area contributed by atoms with Crippen molar-refractivity contribution in [3.63, 3.8) is 0 Å². The molecule has 0 bridgehead atoms. The van der Waals surface area contributed by atoms with Crippen LogP contribution in [0.15, 0.2) is 97.2 Å². The highest BCUT2D eigenvalue weighted by Gasteiger charge is 2.25. The molecular weight excluding hydrogens is 799 g/mol. The Bertz CT molecular complexity index is 1360. The smallest absolute Gasteiger partial charge is 0.306 e. The van der Waals surface area contributed by atoms with E-state index >= 15 is 0 Å². The molecule has 2 unspecified atom stereocenters. The third-order valence-electron chi connectivity index (χ3n) is 10.7. The SMILES string of the molecule is CC/C=C/C/C=C/C/C=C/C/C=C/C/C=C/C/C=C/CCCC(=O)OC(COCCC(C(=O)[O-])[N+](C)(C)C)COC(=O)CCCCCCCCCCCC/C=C/C=C/CCCCCC. The lowest BCUT2D eigenvalue weighted by Gasteiger charge is -2.34. The summed E-state index contributed by atoms with van der Waals surface area (Å²) in [7, 11) is 5.38. The number of aliphatic carboxylic acids is 1. The van der Waals surface area contributed by atoms with E-state index in [2.05, 4.69) is 111 Å². The first-order chi connectivity index (χ1) is 31.1. The van der Waals surface area contributed by atoms with Crippen LogP contribution in [0.5, 0.6) is 0 Å². The number of ether oxygens (including phenoxy) is 3. The quantitative estimate of drug-likeness (QED) is 0.0197. The van der Waals surface area contributed by atoms with Gasteiger partial charge in [0, 0.05) is 19.3 Å². The van der Waals surface area contributed by atoms with E-state index in [1.807, 2.05) is 0 Å². The largest absolute Gasteiger partial charge is 0.544 e. The zero-order valence-electron chi connectivity index (χ0n) is 41.4. The average Bonchev–Trinajstić information content (AvgIpc) is 3.26. The van der Waals surface area contributed by atoms with Crippen molar-refractivity contribution in [2.45, 2.75) is 199 Å². The first-order valence-corrected chi connectivity index (χ1v) is 25.3. The maximum Gasteiger partial charge on any atom is 0.306 e. The maximum atomic E-state index is 12.8. The monoisotopic (exact) mass is 892 g/mol. The summed E-state index contributed by atoms with van der Waals surface area (Å²) in [6, 6.07) is -0.743. The minimum atomic E-state index is -1.14. The Labute approximate surface area is 392 Å². The van der Waals surface area contributed by atoms with Crippen molar-refractivity contribution in [3.05, 3.63) is 97.2 Å². The van der Waals surface area contributed by atoms with E-state index < -0.39 is 18.1 Å². The number of carboxylic acids is 1. The molecule has 0 saturated heterocycles. The Morgan fingerprint density at radius 1 is 0.500 bits per heavy atom. The van der Waals surface area contributed by atoms with Gasteiger partial charge in [-0.3, -0.25) is 9.59 Å². The van der Waals surface area contributed by atoms with E-state index in [1.54, 1.807) is 21.1 Å². The molecule has 0 aliphatic rings. The number of hydrogen-bond donors (Lipinski definition) is 0. The second-order valence-electron chi connectivity index (χ2n) is 17.7. The summed E-state index contributed by atoms with van der Waals surface area (Å²) in [5, 5.41) is 11.7. The third-order valence-corrected chi connectivity index (χ3v) is 10.7. The van der Waals surface area contributed by atoms with Gasteiger partial charge in [-0.2, -0.15) is 0 Å². The lowest BCUT2D eigenvalue weighted by Crippen LogP contribution is -2.55. The van der Waals surface area contributed by atoms with Crippen LogP contribution in [0.1, 0.15) is 187 Å². The van der Waals surface area contributed by atoms with Crippen LogP contribution >= 0.6 is 0 Å². The highest BCUT2D eigenvalue weighted by Crippen LogP contribution is 2.14. The predicted octanol–water partition coefficient (Wildman–Crippen LogP) is 13.3. The van der Waals surface area contributed by atoms with Crippen LogP contribution < -0.4 is 5.11 Å². The van der Waals surface area contributed by atoms with E-state index in [0.29, 0.717) is 12.8 Å². The Balaban J connectivity index is 4.38. The number of esters is 2. The summed E-state index contributed by atoms with van der Waals surface area (Å²) < 4.78 is 17.2. The number of quaternary nitrogens is 1. The van der Waals surface area contributed by atoms with Gasteiger partial charge in [0.15, 0.2) is 6.10 Å². The summed E-state index contributed by atoms with van der Waals surface area (Å²) in [5.41, 5.74) is 0. The molecule has 0 aromatic rings. The Kier molecular flexibility index (Phi) is 43.1. The van der Waals surface area contributed by atoms with Crippen LogP contribution in [0.4, 0.5) is 0 Å². The first kappa shape index (κ1) is 60.2. The van der Waals surface area contributed by atoms with Crippen molar-refractivity contribution < 1.29 is 38.2 Å². The van der Waals surface area contributed by atoms with Gasteiger partial charge in [0.1, 0.15) is 12.6 Å². The van der Waals surface area contributed by atoms with Crippen molar-refractivity contribution in [2.75, 3.05) is 41.0 Å². The number of unbranched alkanes of at least 4 members (excludes halogenated alkanes) is 15. The van der Waals surface area contributed by atoms with Crippen molar-refractivity contribution >= 4 is 17.9 Å². The molecular formula is C56H93NO7. The van der Waals surface area contributed by atoms with Crippen molar-refractivity contribution in [1.29, 1.82) is 0 Å². The Morgan fingerprint density at radius 2 is 0.938 bits per heavy atom. The summed E-state index contributed by atoms with van der Waals surface area (Å²) in [4.78, 5) is 37.0. The van der Waals surface area contributed by atoms with Crippen LogP contribution in [0, 0.1) is 0 Å². The maximum absolute atomic E-state index is 12.8. The number of rotatable bonds is 44. The minimum absolute atomic E-state index is 0.0109. The van der Waals surface area contributed by atoms with Gasteiger partial charge in [-0.1, -0.05) is 182 Å². The molecule has 0 heterocycles. The first-order valence-electron chi connectivity index (χ1n) is 25.3. The highest BCUT2D eigenvalue weighted by atomic mass is 16.6. The molecule has 0 aromatic carbocycles. The van der Waals surface area contributed by atoms with Gasteiger partial charge in [0.25, 0.3) is 0 Å². The highest BCUT2D eigenvalue weighted by molar-refractivity contribution is 5.70. The molecule has 0 amide bonds. The van der Waals surface area contributed by atoms with Gasteiger partial charge in [-0.15, -0.1) is 0 Å². The van der Waals surface area contributed by atoms with E-state index in [9.17, 15) is 19.5 Å². The van der Waals surface area contributed by atoms with Gasteiger partial charge in [-0.25, -0.2) is 0 Å². The number of hydrogen-bond acceptors (Lipinski definition) is 7. The molecule has 0 N–H and O–H groups in total. The van der Waals surface area contributed by atoms with Gasteiger partial charge in [0.2, 0.25) is 0 Å². The van der Waals surface area contributed by atoms with Gasteiger partial charge < -0.3 is 28.6 Å².